The average molecular weight is 322 g/mol. The Balaban J connectivity index is 2.09. The van der Waals surface area contributed by atoms with Crippen molar-refractivity contribution in [1.29, 1.82) is 0 Å². The van der Waals surface area contributed by atoms with Gasteiger partial charge < -0.3 is 9.26 Å². The number of aryl methyl sites for hydroxylation is 2. The number of rotatable bonds is 4. The zero-order valence-electron chi connectivity index (χ0n) is 13.9. The maximum absolute atomic E-state index is 12.2. The maximum Gasteiger partial charge on any atom is 0.349 e. The predicted molar refractivity (Wildman–Crippen MR) is 85.3 cm³/mol. The summed E-state index contributed by atoms with van der Waals surface area (Å²) >= 11 is 1.45. The third-order valence-corrected chi connectivity index (χ3v) is 4.42. The third-order valence-electron chi connectivity index (χ3n) is 3.35. The molecule has 1 unspecified atom stereocenters. The first kappa shape index (κ1) is 16.7. The summed E-state index contributed by atoms with van der Waals surface area (Å²) in [5.74, 6) is 0.573. The minimum atomic E-state index is -0.566. The van der Waals surface area contributed by atoms with E-state index in [9.17, 15) is 4.79 Å². The summed E-state index contributed by atoms with van der Waals surface area (Å²) in [7, 11) is 0. The molecule has 22 heavy (non-hydrogen) atoms. The van der Waals surface area contributed by atoms with Crippen LogP contribution < -0.4 is 0 Å². The molecule has 2 rings (SSSR count). The van der Waals surface area contributed by atoms with E-state index in [1.165, 1.54) is 16.9 Å². The molecule has 0 saturated carbocycles. The van der Waals surface area contributed by atoms with Gasteiger partial charge in [0.15, 0.2) is 11.9 Å². The zero-order chi connectivity index (χ0) is 16.5. The number of nitrogens with zero attached hydrogens (tertiary/aromatic N) is 2. The smallest absolute Gasteiger partial charge is 0.349 e. The van der Waals surface area contributed by atoms with Crippen LogP contribution >= 0.6 is 11.3 Å². The molecule has 5 nitrogen and oxygen atoms in total. The monoisotopic (exact) mass is 322 g/mol. The summed E-state index contributed by atoms with van der Waals surface area (Å²) in [6.07, 6.45) is 0.340. The number of hydrogen-bond donors (Lipinski definition) is 0. The van der Waals surface area contributed by atoms with Crippen molar-refractivity contribution in [2.45, 2.75) is 59.5 Å². The number of esters is 1. The summed E-state index contributed by atoms with van der Waals surface area (Å²) in [6, 6.07) is 1.89. The Morgan fingerprint density at radius 2 is 2.14 bits per heavy atom. The molecule has 0 bridgehead atoms. The van der Waals surface area contributed by atoms with E-state index in [1.807, 2.05) is 33.8 Å². The highest BCUT2D eigenvalue weighted by atomic mass is 32.1. The molecule has 0 aliphatic rings. The Kier molecular flexibility index (Phi) is 4.70. The van der Waals surface area contributed by atoms with Gasteiger partial charge in [0.05, 0.1) is 0 Å². The molecule has 0 spiro atoms. The van der Waals surface area contributed by atoms with E-state index in [2.05, 4.69) is 17.1 Å². The molecular weight excluding hydrogens is 300 g/mol. The van der Waals surface area contributed by atoms with Crippen molar-refractivity contribution < 1.29 is 14.1 Å². The molecule has 2 aromatic heterocycles. The van der Waals surface area contributed by atoms with Crippen LogP contribution in [0.25, 0.3) is 0 Å². The van der Waals surface area contributed by atoms with E-state index >= 15 is 0 Å². The molecular formula is C16H22N2O3S. The molecule has 6 heteroatoms. The first-order valence-electron chi connectivity index (χ1n) is 7.36. The fourth-order valence-electron chi connectivity index (χ4n) is 1.95. The van der Waals surface area contributed by atoms with Gasteiger partial charge in [-0.05, 0) is 31.9 Å². The largest absolute Gasteiger partial charge is 0.448 e. The van der Waals surface area contributed by atoms with Crippen molar-refractivity contribution in [3.8, 4) is 0 Å². The predicted octanol–water partition coefficient (Wildman–Crippen LogP) is 4.22. The Morgan fingerprint density at radius 3 is 2.64 bits per heavy atom. The minimum absolute atomic E-state index is 0.202. The molecule has 0 amide bonds. The van der Waals surface area contributed by atoms with Crippen molar-refractivity contribution in [1.82, 2.24) is 10.1 Å². The molecule has 0 aliphatic heterocycles. The van der Waals surface area contributed by atoms with Crippen molar-refractivity contribution in [3.63, 3.8) is 0 Å². The van der Waals surface area contributed by atoms with Crippen LogP contribution in [-0.2, 0) is 16.6 Å². The van der Waals surface area contributed by atoms with E-state index in [4.69, 9.17) is 9.26 Å². The summed E-state index contributed by atoms with van der Waals surface area (Å²) in [4.78, 5) is 18.3. The quantitative estimate of drug-likeness (QED) is 0.789. The lowest BCUT2D eigenvalue weighted by Gasteiger charge is -2.11. The van der Waals surface area contributed by atoms with Crippen LogP contribution in [0.15, 0.2) is 10.6 Å². The number of carbonyl (C=O) groups excluding carboxylic acids is 1. The number of hydrogen-bond acceptors (Lipinski definition) is 6. The molecule has 2 heterocycles. The van der Waals surface area contributed by atoms with Gasteiger partial charge in [-0.1, -0.05) is 32.9 Å². The minimum Gasteiger partial charge on any atom is -0.448 e. The van der Waals surface area contributed by atoms with Crippen LogP contribution in [0.2, 0.25) is 0 Å². The Labute approximate surface area is 134 Å². The van der Waals surface area contributed by atoms with Crippen LogP contribution in [0.5, 0.6) is 0 Å². The van der Waals surface area contributed by atoms with Gasteiger partial charge in [0.2, 0.25) is 0 Å². The standard InChI is InChI=1S/C16H22N2O3S/c1-7-11-8-12(22-10(11)3)14(19)20-9(2)13-17-15(18-21-13)16(4,5)6/h8-9H,7H2,1-6H3. The normalized spacial score (nSPS) is 13.2. The highest BCUT2D eigenvalue weighted by molar-refractivity contribution is 7.14. The van der Waals surface area contributed by atoms with Crippen LogP contribution in [0, 0.1) is 6.92 Å². The van der Waals surface area contributed by atoms with Gasteiger partial charge in [0.25, 0.3) is 5.89 Å². The molecule has 2 aromatic rings. The van der Waals surface area contributed by atoms with Gasteiger partial charge in [-0.3, -0.25) is 0 Å². The van der Waals surface area contributed by atoms with Gasteiger partial charge in [-0.25, -0.2) is 4.79 Å². The van der Waals surface area contributed by atoms with Crippen LogP contribution in [0.1, 0.15) is 72.6 Å². The summed E-state index contributed by atoms with van der Waals surface area (Å²) < 4.78 is 10.6. The molecule has 1 atom stereocenters. The molecule has 0 fully saturated rings. The number of ether oxygens (including phenoxy) is 1. The molecule has 0 saturated heterocycles. The second kappa shape index (κ2) is 6.20. The number of aromatic nitrogens is 2. The molecule has 120 valence electrons. The Bertz CT molecular complexity index is 667. The fraction of sp³-hybridized carbons (Fsp3) is 0.562. The van der Waals surface area contributed by atoms with Crippen LogP contribution in [-0.4, -0.2) is 16.1 Å². The summed E-state index contributed by atoms with van der Waals surface area (Å²) in [5.41, 5.74) is 0.976. The molecule has 0 aliphatic carbocycles. The lowest BCUT2D eigenvalue weighted by Crippen LogP contribution is -2.14. The van der Waals surface area contributed by atoms with Gasteiger partial charge >= 0.3 is 5.97 Å². The van der Waals surface area contributed by atoms with Crippen molar-refractivity contribution in [2.75, 3.05) is 0 Å². The number of carbonyl (C=O) groups is 1. The van der Waals surface area contributed by atoms with Gasteiger partial charge in [-0.15, -0.1) is 11.3 Å². The fourth-order valence-corrected chi connectivity index (χ4v) is 2.94. The van der Waals surface area contributed by atoms with E-state index in [-0.39, 0.29) is 11.4 Å². The zero-order valence-corrected chi connectivity index (χ0v) is 14.7. The molecule has 0 aromatic carbocycles. The van der Waals surface area contributed by atoms with Gasteiger partial charge in [-0.2, -0.15) is 4.98 Å². The van der Waals surface area contributed by atoms with E-state index in [0.717, 1.165) is 11.3 Å². The highest BCUT2D eigenvalue weighted by Crippen LogP contribution is 2.26. The van der Waals surface area contributed by atoms with E-state index in [1.54, 1.807) is 6.92 Å². The first-order valence-corrected chi connectivity index (χ1v) is 8.18. The maximum atomic E-state index is 12.2. The van der Waals surface area contributed by atoms with Gasteiger partial charge in [0.1, 0.15) is 4.88 Å². The Morgan fingerprint density at radius 1 is 1.45 bits per heavy atom. The lowest BCUT2D eigenvalue weighted by molar-refractivity contribution is 0.0271. The SMILES string of the molecule is CCc1cc(C(=O)OC(C)c2nc(C(C)(C)C)no2)sc1C. The van der Waals surface area contributed by atoms with Crippen molar-refractivity contribution in [2.24, 2.45) is 0 Å². The first-order chi connectivity index (χ1) is 10.2. The van der Waals surface area contributed by atoms with Crippen LogP contribution in [0.4, 0.5) is 0 Å². The van der Waals surface area contributed by atoms with Crippen molar-refractivity contribution in [3.05, 3.63) is 33.1 Å². The second-order valence-electron chi connectivity index (χ2n) is 6.30. The second-order valence-corrected chi connectivity index (χ2v) is 7.56. The third kappa shape index (κ3) is 3.55. The van der Waals surface area contributed by atoms with Crippen LogP contribution in [0.3, 0.4) is 0 Å². The number of thiophene rings is 1. The van der Waals surface area contributed by atoms with E-state index < -0.39 is 6.10 Å². The van der Waals surface area contributed by atoms with Gasteiger partial charge in [0, 0.05) is 10.3 Å². The van der Waals surface area contributed by atoms with E-state index in [0.29, 0.717) is 16.6 Å². The topological polar surface area (TPSA) is 65.2 Å². The molecule has 0 radical (unpaired) electrons. The summed E-state index contributed by atoms with van der Waals surface area (Å²) in [5, 5.41) is 3.95. The molecule has 0 N–H and O–H groups in total. The lowest BCUT2D eigenvalue weighted by atomic mass is 9.96. The highest BCUT2D eigenvalue weighted by Gasteiger charge is 2.25. The average Bonchev–Trinajstić information content (AvgIpc) is 3.04. The van der Waals surface area contributed by atoms with Crippen molar-refractivity contribution >= 4 is 17.3 Å². The Hall–Kier alpha value is -1.69. The summed E-state index contributed by atoms with van der Waals surface area (Å²) in [6.45, 7) is 11.8.